The SMILES string of the molecule is CCP(CC)c1ccccc1.[Ni]. The van der Waals surface area contributed by atoms with Crippen LogP contribution in [0.1, 0.15) is 13.8 Å². The van der Waals surface area contributed by atoms with Crippen LogP contribution in [0.15, 0.2) is 30.3 Å². The van der Waals surface area contributed by atoms with E-state index >= 15 is 0 Å². The van der Waals surface area contributed by atoms with Crippen molar-refractivity contribution in [2.75, 3.05) is 12.3 Å². The Bertz CT molecular complexity index is 194. The van der Waals surface area contributed by atoms with Crippen molar-refractivity contribution in [2.45, 2.75) is 13.8 Å². The summed E-state index contributed by atoms with van der Waals surface area (Å²) >= 11 is 0. The maximum Gasteiger partial charge on any atom is 0 e. The van der Waals surface area contributed by atoms with Crippen LogP contribution in [0.5, 0.6) is 0 Å². The Morgan fingerprint density at radius 3 is 1.92 bits per heavy atom. The van der Waals surface area contributed by atoms with Crippen molar-refractivity contribution < 1.29 is 16.5 Å². The van der Waals surface area contributed by atoms with Gasteiger partial charge in [-0.15, -0.1) is 0 Å². The van der Waals surface area contributed by atoms with Crippen LogP contribution in [0.2, 0.25) is 0 Å². The summed E-state index contributed by atoms with van der Waals surface area (Å²) in [5.74, 6) is 0. The standard InChI is InChI=1S/C10H15P.Ni/c1-3-11(4-2)10-8-6-5-7-9-10;/h5-9H,3-4H2,1-2H3;. The first-order valence-electron chi connectivity index (χ1n) is 4.18. The van der Waals surface area contributed by atoms with Crippen LogP contribution in [0, 0.1) is 0 Å². The number of hydrogen-bond acceptors (Lipinski definition) is 0. The van der Waals surface area contributed by atoms with E-state index in [0.717, 1.165) is 0 Å². The fraction of sp³-hybridized carbons (Fsp3) is 0.400. The quantitative estimate of drug-likeness (QED) is 0.547. The fourth-order valence-corrected chi connectivity index (χ4v) is 3.00. The fourth-order valence-electron chi connectivity index (χ4n) is 1.23. The zero-order valence-electron chi connectivity index (χ0n) is 7.56. The molecule has 0 fully saturated rings. The van der Waals surface area contributed by atoms with E-state index in [4.69, 9.17) is 0 Å². The molecule has 0 saturated carbocycles. The molecule has 0 amide bonds. The molecule has 0 aliphatic carbocycles. The third-order valence-electron chi connectivity index (χ3n) is 1.88. The molecule has 0 bridgehead atoms. The van der Waals surface area contributed by atoms with Gasteiger partial charge in [0.15, 0.2) is 0 Å². The summed E-state index contributed by atoms with van der Waals surface area (Å²) < 4.78 is 0. The van der Waals surface area contributed by atoms with Crippen molar-refractivity contribution in [3.63, 3.8) is 0 Å². The first kappa shape index (κ1) is 12.1. The van der Waals surface area contributed by atoms with E-state index in [1.54, 1.807) is 5.30 Å². The second-order valence-electron chi connectivity index (χ2n) is 2.51. The van der Waals surface area contributed by atoms with Crippen molar-refractivity contribution in [1.82, 2.24) is 0 Å². The van der Waals surface area contributed by atoms with Gasteiger partial charge >= 0.3 is 0 Å². The van der Waals surface area contributed by atoms with Crippen LogP contribution in [0.25, 0.3) is 0 Å². The molecule has 0 atom stereocenters. The smallest absolute Gasteiger partial charge is 0 e. The molecule has 0 aliphatic rings. The largest absolute Gasteiger partial charge is 0.0759 e. The summed E-state index contributed by atoms with van der Waals surface area (Å²) in [5.41, 5.74) is 0. The molecule has 0 aromatic heterocycles. The van der Waals surface area contributed by atoms with Crippen LogP contribution in [0.3, 0.4) is 0 Å². The molecule has 0 saturated heterocycles. The predicted molar refractivity (Wildman–Crippen MR) is 54.1 cm³/mol. The van der Waals surface area contributed by atoms with Gasteiger partial charge in [-0.25, -0.2) is 0 Å². The monoisotopic (exact) mass is 224 g/mol. The second kappa shape index (κ2) is 6.64. The molecular weight excluding hydrogens is 210 g/mol. The summed E-state index contributed by atoms with van der Waals surface area (Å²) in [7, 11) is 0.149. The molecule has 0 spiro atoms. The minimum absolute atomic E-state index is 0. The first-order valence-corrected chi connectivity index (χ1v) is 5.89. The van der Waals surface area contributed by atoms with Crippen molar-refractivity contribution in [3.8, 4) is 0 Å². The maximum absolute atomic E-state index is 2.28. The van der Waals surface area contributed by atoms with Crippen LogP contribution in [0.4, 0.5) is 0 Å². The Balaban J connectivity index is 0.00000121. The van der Waals surface area contributed by atoms with E-state index in [-0.39, 0.29) is 24.4 Å². The van der Waals surface area contributed by atoms with Crippen molar-refractivity contribution in [1.29, 1.82) is 0 Å². The summed E-state index contributed by atoms with van der Waals surface area (Å²) in [6, 6.07) is 10.9. The van der Waals surface area contributed by atoms with Gasteiger partial charge in [-0.05, 0) is 17.6 Å². The molecule has 1 aromatic rings. The van der Waals surface area contributed by atoms with Gasteiger partial charge in [0.25, 0.3) is 0 Å². The Labute approximate surface area is 86.4 Å². The van der Waals surface area contributed by atoms with Crippen molar-refractivity contribution in [2.24, 2.45) is 0 Å². The van der Waals surface area contributed by atoms with Crippen LogP contribution >= 0.6 is 7.92 Å². The molecule has 1 aromatic carbocycles. The molecule has 1 rings (SSSR count). The van der Waals surface area contributed by atoms with Crippen LogP contribution in [-0.2, 0) is 16.5 Å². The molecule has 70 valence electrons. The molecular formula is C10H15NiP. The molecule has 0 unspecified atom stereocenters. The van der Waals surface area contributed by atoms with Gasteiger partial charge in [0.05, 0.1) is 0 Å². The van der Waals surface area contributed by atoms with E-state index in [2.05, 4.69) is 44.2 Å². The Kier molecular flexibility index (Phi) is 6.72. The molecule has 12 heavy (non-hydrogen) atoms. The minimum Gasteiger partial charge on any atom is -0.0759 e. The summed E-state index contributed by atoms with van der Waals surface area (Å²) in [5, 5.41) is 1.55. The summed E-state index contributed by atoms with van der Waals surface area (Å²) in [4.78, 5) is 0. The molecule has 0 N–H and O–H groups in total. The average Bonchev–Trinajstić information content (AvgIpc) is 2.09. The van der Waals surface area contributed by atoms with Gasteiger partial charge in [0, 0.05) is 16.5 Å². The van der Waals surface area contributed by atoms with Gasteiger partial charge < -0.3 is 0 Å². The van der Waals surface area contributed by atoms with Gasteiger partial charge in [0.2, 0.25) is 0 Å². The van der Waals surface area contributed by atoms with Gasteiger partial charge in [-0.1, -0.05) is 52.1 Å². The predicted octanol–water partition coefficient (Wildman–Crippen LogP) is 2.83. The second-order valence-corrected chi connectivity index (χ2v) is 5.37. The van der Waals surface area contributed by atoms with Gasteiger partial charge in [-0.2, -0.15) is 0 Å². The van der Waals surface area contributed by atoms with E-state index < -0.39 is 0 Å². The third kappa shape index (κ3) is 3.25. The molecule has 0 nitrogen and oxygen atoms in total. The number of rotatable bonds is 3. The number of benzene rings is 1. The Morgan fingerprint density at radius 1 is 1.00 bits per heavy atom. The first-order chi connectivity index (χ1) is 5.38. The normalized spacial score (nSPS) is 9.58. The molecule has 2 heteroatoms. The molecule has 0 heterocycles. The Hall–Kier alpha value is 0.144. The summed E-state index contributed by atoms with van der Waals surface area (Å²) in [6.07, 6.45) is 2.63. The summed E-state index contributed by atoms with van der Waals surface area (Å²) in [6.45, 7) is 4.56. The molecule has 0 radical (unpaired) electrons. The minimum atomic E-state index is 0. The van der Waals surface area contributed by atoms with Crippen LogP contribution in [-0.4, -0.2) is 12.3 Å². The van der Waals surface area contributed by atoms with Gasteiger partial charge in [0.1, 0.15) is 0 Å². The van der Waals surface area contributed by atoms with Crippen LogP contribution < -0.4 is 5.30 Å². The number of hydrogen-bond donors (Lipinski definition) is 0. The van der Waals surface area contributed by atoms with Gasteiger partial charge in [-0.3, -0.25) is 0 Å². The van der Waals surface area contributed by atoms with E-state index in [0.29, 0.717) is 0 Å². The van der Waals surface area contributed by atoms with E-state index in [1.165, 1.54) is 12.3 Å². The van der Waals surface area contributed by atoms with Crippen molar-refractivity contribution in [3.05, 3.63) is 30.3 Å². The van der Waals surface area contributed by atoms with E-state index in [9.17, 15) is 0 Å². The van der Waals surface area contributed by atoms with E-state index in [1.807, 2.05) is 0 Å². The zero-order valence-corrected chi connectivity index (χ0v) is 9.45. The molecule has 0 aliphatic heterocycles. The third-order valence-corrected chi connectivity index (χ3v) is 4.44. The maximum atomic E-state index is 2.28. The average molecular weight is 225 g/mol. The zero-order chi connectivity index (χ0) is 8.10. The topological polar surface area (TPSA) is 0 Å². The van der Waals surface area contributed by atoms with Crippen molar-refractivity contribution >= 4 is 13.2 Å². The Morgan fingerprint density at radius 2 is 1.50 bits per heavy atom.